The molecule has 2 aromatic heterocycles. The highest BCUT2D eigenvalue weighted by Crippen LogP contribution is 2.27. The number of halogens is 1. The molecule has 0 saturated carbocycles. The van der Waals surface area contributed by atoms with Crippen LogP contribution in [0.1, 0.15) is 48.6 Å². The van der Waals surface area contributed by atoms with Crippen LogP contribution in [0.4, 0.5) is 5.82 Å². The maximum absolute atomic E-state index is 4.59. The summed E-state index contributed by atoms with van der Waals surface area (Å²) in [6, 6.07) is 9.12. The summed E-state index contributed by atoms with van der Waals surface area (Å²) in [6.45, 7) is 6.23. The minimum absolute atomic E-state index is 0. The first kappa shape index (κ1) is 24.3. The fraction of sp³-hybridized carbons (Fsp3) is 0.565. The number of hydrogen-bond acceptors (Lipinski definition) is 5. The molecule has 1 atom stereocenters. The number of thiophene rings is 1. The molecule has 2 fully saturated rings. The monoisotopic (exact) mass is 554 g/mol. The number of likely N-dealkylation sites (tertiary alicyclic amines) is 1. The molecule has 2 aliphatic rings. The Bertz CT molecular complexity index is 800. The van der Waals surface area contributed by atoms with Crippen molar-refractivity contribution in [2.75, 3.05) is 44.7 Å². The van der Waals surface area contributed by atoms with Crippen LogP contribution >= 0.6 is 35.3 Å². The van der Waals surface area contributed by atoms with Gasteiger partial charge in [0.15, 0.2) is 5.96 Å². The Morgan fingerprint density at radius 3 is 2.58 bits per heavy atom. The second kappa shape index (κ2) is 12.6. The third-order valence-electron chi connectivity index (χ3n) is 6.09. The summed E-state index contributed by atoms with van der Waals surface area (Å²) in [5.74, 6) is 1.95. The van der Waals surface area contributed by atoms with Crippen LogP contribution in [0.5, 0.6) is 0 Å². The predicted molar refractivity (Wildman–Crippen MR) is 142 cm³/mol. The zero-order chi connectivity index (χ0) is 20.6. The van der Waals surface area contributed by atoms with Crippen molar-refractivity contribution in [2.45, 2.75) is 44.7 Å². The summed E-state index contributed by atoms with van der Waals surface area (Å²) in [4.78, 5) is 15.5. The molecule has 8 heteroatoms. The molecule has 0 aromatic carbocycles. The summed E-state index contributed by atoms with van der Waals surface area (Å²) in [6.07, 6.45) is 8.40. The molecule has 6 nitrogen and oxygen atoms in total. The van der Waals surface area contributed by atoms with E-state index in [4.69, 9.17) is 0 Å². The lowest BCUT2D eigenvalue weighted by Gasteiger charge is -2.28. The van der Waals surface area contributed by atoms with Gasteiger partial charge in [0.1, 0.15) is 5.82 Å². The van der Waals surface area contributed by atoms with Crippen LogP contribution < -0.4 is 15.5 Å². The number of anilines is 1. The van der Waals surface area contributed by atoms with Crippen LogP contribution in [0.2, 0.25) is 0 Å². The van der Waals surface area contributed by atoms with Crippen molar-refractivity contribution in [3.05, 3.63) is 46.3 Å². The normalized spacial score (nSPS) is 18.5. The van der Waals surface area contributed by atoms with E-state index in [1.165, 1.54) is 55.6 Å². The summed E-state index contributed by atoms with van der Waals surface area (Å²) in [5, 5.41) is 9.22. The van der Waals surface area contributed by atoms with Crippen LogP contribution in [0, 0.1) is 0 Å². The number of hydrogen-bond donors (Lipinski definition) is 2. The maximum atomic E-state index is 4.59. The number of pyridine rings is 1. The number of nitrogens with zero attached hydrogens (tertiary/aromatic N) is 4. The first-order chi connectivity index (χ1) is 14.8. The van der Waals surface area contributed by atoms with Gasteiger partial charge in [0.05, 0.1) is 6.04 Å². The van der Waals surface area contributed by atoms with Gasteiger partial charge in [-0.25, -0.2) is 4.98 Å². The molecule has 170 valence electrons. The van der Waals surface area contributed by atoms with Gasteiger partial charge < -0.3 is 15.5 Å². The Kier molecular flexibility index (Phi) is 9.86. The fourth-order valence-electron chi connectivity index (χ4n) is 4.41. The third kappa shape index (κ3) is 6.79. The molecule has 4 rings (SSSR count). The van der Waals surface area contributed by atoms with Crippen molar-refractivity contribution in [1.29, 1.82) is 0 Å². The van der Waals surface area contributed by atoms with Gasteiger partial charge >= 0.3 is 0 Å². The smallest absolute Gasteiger partial charge is 0.191 e. The summed E-state index contributed by atoms with van der Waals surface area (Å²) in [7, 11) is 1.84. The Morgan fingerprint density at radius 1 is 1.10 bits per heavy atom. The number of aromatic nitrogens is 1. The van der Waals surface area contributed by atoms with E-state index in [1.54, 1.807) is 0 Å². The van der Waals surface area contributed by atoms with E-state index in [-0.39, 0.29) is 24.0 Å². The van der Waals surface area contributed by atoms with E-state index < -0.39 is 0 Å². The van der Waals surface area contributed by atoms with E-state index in [2.05, 4.69) is 60.1 Å². The molecule has 2 N–H and O–H groups in total. The average Bonchev–Trinajstić information content (AvgIpc) is 3.52. The average molecular weight is 555 g/mol. The number of rotatable bonds is 7. The fourth-order valence-corrected chi connectivity index (χ4v) is 5.27. The second-order valence-electron chi connectivity index (χ2n) is 8.15. The molecule has 0 spiro atoms. The van der Waals surface area contributed by atoms with E-state index in [0.717, 1.165) is 38.0 Å². The SMILES string of the molecule is CN=C(NCc1ccnc(N2CCCCC2)c1)NCC(c1cccs1)N1CCCC1.I. The van der Waals surface area contributed by atoms with Crippen LogP contribution in [0.25, 0.3) is 0 Å². The zero-order valence-electron chi connectivity index (χ0n) is 18.4. The van der Waals surface area contributed by atoms with Crippen molar-refractivity contribution in [3.8, 4) is 0 Å². The van der Waals surface area contributed by atoms with Gasteiger partial charge in [0, 0.05) is 44.3 Å². The van der Waals surface area contributed by atoms with Crippen molar-refractivity contribution >= 4 is 47.1 Å². The van der Waals surface area contributed by atoms with Crippen LogP contribution in [-0.4, -0.2) is 55.6 Å². The van der Waals surface area contributed by atoms with Crippen molar-refractivity contribution in [1.82, 2.24) is 20.5 Å². The lowest BCUT2D eigenvalue weighted by atomic mass is 10.1. The summed E-state index contributed by atoms with van der Waals surface area (Å²) >= 11 is 1.85. The molecule has 0 aliphatic carbocycles. The van der Waals surface area contributed by atoms with Gasteiger partial charge in [-0.05, 0) is 74.3 Å². The van der Waals surface area contributed by atoms with Gasteiger partial charge in [0.2, 0.25) is 0 Å². The van der Waals surface area contributed by atoms with E-state index >= 15 is 0 Å². The Labute approximate surface area is 207 Å². The molecule has 4 heterocycles. The molecule has 0 amide bonds. The van der Waals surface area contributed by atoms with E-state index in [1.807, 2.05) is 24.6 Å². The largest absolute Gasteiger partial charge is 0.357 e. The number of piperidine rings is 1. The third-order valence-corrected chi connectivity index (χ3v) is 7.06. The zero-order valence-corrected chi connectivity index (χ0v) is 21.6. The summed E-state index contributed by atoms with van der Waals surface area (Å²) in [5.41, 5.74) is 1.24. The lowest BCUT2D eigenvalue weighted by Crippen LogP contribution is -2.42. The van der Waals surface area contributed by atoms with Crippen molar-refractivity contribution < 1.29 is 0 Å². The van der Waals surface area contributed by atoms with Gasteiger partial charge in [-0.2, -0.15) is 0 Å². The molecule has 31 heavy (non-hydrogen) atoms. The highest BCUT2D eigenvalue weighted by atomic mass is 127. The molecule has 2 aromatic rings. The molecule has 2 aliphatic heterocycles. The number of nitrogens with one attached hydrogen (secondary N) is 2. The first-order valence-corrected chi connectivity index (χ1v) is 12.1. The molecule has 1 unspecified atom stereocenters. The second-order valence-corrected chi connectivity index (χ2v) is 9.13. The standard InChI is InChI=1S/C23H34N6S.HI/c1-24-23(27-18-20(21-8-7-15-30-21)28-11-5-6-12-28)26-17-19-9-10-25-22(16-19)29-13-3-2-4-14-29;/h7-10,15-16,20H,2-6,11-14,17-18H2,1H3,(H2,24,26,27);1H. The summed E-state index contributed by atoms with van der Waals surface area (Å²) < 4.78 is 0. The Hall–Kier alpha value is -1.39. The lowest BCUT2D eigenvalue weighted by molar-refractivity contribution is 0.249. The number of aliphatic imine (C=N–C) groups is 1. The molecule has 2 saturated heterocycles. The molecular formula is C23H35IN6S. The Balaban J connectivity index is 0.00000272. The topological polar surface area (TPSA) is 55.8 Å². The van der Waals surface area contributed by atoms with Gasteiger partial charge in [-0.3, -0.25) is 9.89 Å². The molecular weight excluding hydrogens is 519 g/mol. The van der Waals surface area contributed by atoms with Crippen LogP contribution in [0.3, 0.4) is 0 Å². The molecule has 0 bridgehead atoms. The van der Waals surface area contributed by atoms with Crippen LogP contribution in [0.15, 0.2) is 40.8 Å². The number of guanidine groups is 1. The molecule has 0 radical (unpaired) electrons. The highest BCUT2D eigenvalue weighted by molar-refractivity contribution is 14.0. The van der Waals surface area contributed by atoms with Gasteiger partial charge in [-0.15, -0.1) is 35.3 Å². The van der Waals surface area contributed by atoms with E-state index in [0.29, 0.717) is 6.04 Å². The quantitative estimate of drug-likeness (QED) is 0.305. The van der Waals surface area contributed by atoms with Crippen molar-refractivity contribution in [2.24, 2.45) is 4.99 Å². The maximum Gasteiger partial charge on any atom is 0.191 e. The van der Waals surface area contributed by atoms with Gasteiger partial charge in [0.25, 0.3) is 0 Å². The van der Waals surface area contributed by atoms with E-state index in [9.17, 15) is 0 Å². The highest BCUT2D eigenvalue weighted by Gasteiger charge is 2.24. The minimum Gasteiger partial charge on any atom is -0.357 e. The predicted octanol–water partition coefficient (Wildman–Crippen LogP) is 4.25. The Morgan fingerprint density at radius 2 is 1.87 bits per heavy atom. The van der Waals surface area contributed by atoms with Crippen LogP contribution in [-0.2, 0) is 6.54 Å². The minimum atomic E-state index is 0. The van der Waals surface area contributed by atoms with Crippen molar-refractivity contribution in [3.63, 3.8) is 0 Å². The first-order valence-electron chi connectivity index (χ1n) is 11.3. The van der Waals surface area contributed by atoms with Gasteiger partial charge in [-0.1, -0.05) is 6.07 Å².